The van der Waals surface area contributed by atoms with E-state index >= 15 is 0 Å². The first-order valence-electron chi connectivity index (χ1n) is 9.92. The minimum Gasteiger partial charge on any atom is -0.332 e. The van der Waals surface area contributed by atoms with Crippen molar-refractivity contribution in [1.29, 1.82) is 0 Å². The van der Waals surface area contributed by atoms with Crippen molar-refractivity contribution in [2.24, 2.45) is 0 Å². The van der Waals surface area contributed by atoms with Crippen LogP contribution in [0, 0.1) is 20.8 Å². The zero-order valence-corrected chi connectivity index (χ0v) is 19.2. The highest BCUT2D eigenvalue weighted by Gasteiger charge is 2.41. The van der Waals surface area contributed by atoms with Crippen LogP contribution in [-0.4, -0.2) is 40.1 Å². The monoisotopic (exact) mass is 478 g/mol. The van der Waals surface area contributed by atoms with Crippen molar-refractivity contribution in [1.82, 2.24) is 14.7 Å². The average molecular weight is 479 g/mol. The molecule has 1 aromatic heterocycles. The average Bonchev–Trinajstić information content (AvgIpc) is 3.16. The summed E-state index contributed by atoms with van der Waals surface area (Å²) in [6.45, 7) is 5.17. The summed E-state index contributed by atoms with van der Waals surface area (Å²) in [6, 6.07) is 9.37. The number of aromatic nitrogens is 2. The fourth-order valence-corrected chi connectivity index (χ4v) is 3.73. The minimum atomic E-state index is -4.86. The van der Waals surface area contributed by atoms with Crippen LogP contribution in [0.2, 0.25) is 5.02 Å². The lowest BCUT2D eigenvalue weighted by Crippen LogP contribution is -2.36. The minimum absolute atomic E-state index is 0.0940. The second-order valence-corrected chi connectivity index (χ2v) is 8.21. The second kappa shape index (κ2) is 9.27. The van der Waals surface area contributed by atoms with Crippen molar-refractivity contribution >= 4 is 29.1 Å². The van der Waals surface area contributed by atoms with Gasteiger partial charge in [-0.3, -0.25) is 9.59 Å². The molecular formula is C23H22ClF3N4O2. The quantitative estimate of drug-likeness (QED) is 0.549. The van der Waals surface area contributed by atoms with Gasteiger partial charge in [0.05, 0.1) is 24.0 Å². The SMILES string of the molecule is Cc1cc(C)c(NC(=O)CN(C)C(=O)c2cnn(-c3ccc(Cl)cc3)c2C(F)(F)F)c(C)c1. The molecule has 0 saturated carbocycles. The van der Waals surface area contributed by atoms with Gasteiger partial charge in [0.1, 0.15) is 0 Å². The summed E-state index contributed by atoms with van der Waals surface area (Å²) in [4.78, 5) is 26.3. The number of aryl methyl sites for hydroxylation is 3. The molecule has 6 nitrogen and oxygen atoms in total. The highest BCUT2D eigenvalue weighted by atomic mass is 35.5. The van der Waals surface area contributed by atoms with Crippen LogP contribution in [0.4, 0.5) is 18.9 Å². The molecule has 0 aliphatic carbocycles. The molecule has 0 fully saturated rings. The Hall–Kier alpha value is -3.33. The van der Waals surface area contributed by atoms with E-state index in [9.17, 15) is 22.8 Å². The fourth-order valence-electron chi connectivity index (χ4n) is 3.60. The van der Waals surface area contributed by atoms with Crippen LogP contribution in [0.25, 0.3) is 5.69 Å². The number of hydrogen-bond acceptors (Lipinski definition) is 3. The van der Waals surface area contributed by atoms with Gasteiger partial charge in [0.25, 0.3) is 5.91 Å². The Labute approximate surface area is 194 Å². The first-order valence-corrected chi connectivity index (χ1v) is 10.3. The fraction of sp³-hybridized carbons (Fsp3) is 0.261. The standard InChI is InChI=1S/C23H22ClF3N4O2/c1-13-9-14(2)20(15(3)10-13)29-19(32)12-30(4)22(33)18-11-28-31(21(18)23(25,26)27)17-7-5-16(24)6-8-17/h5-11H,12H2,1-4H3,(H,29,32). The molecule has 0 saturated heterocycles. The number of anilines is 1. The van der Waals surface area contributed by atoms with Crippen LogP contribution in [0.1, 0.15) is 32.7 Å². The zero-order valence-electron chi connectivity index (χ0n) is 18.4. The Balaban J connectivity index is 1.84. The number of nitrogens with one attached hydrogen (secondary N) is 1. The van der Waals surface area contributed by atoms with Crippen LogP contribution >= 0.6 is 11.6 Å². The van der Waals surface area contributed by atoms with Crippen molar-refractivity contribution in [3.05, 3.63) is 75.6 Å². The molecule has 2 amide bonds. The molecule has 0 aliphatic heterocycles. The molecule has 0 aliphatic rings. The van der Waals surface area contributed by atoms with Gasteiger partial charge < -0.3 is 10.2 Å². The highest BCUT2D eigenvalue weighted by Crippen LogP contribution is 2.34. The van der Waals surface area contributed by atoms with E-state index in [0.29, 0.717) is 15.4 Å². The number of hydrogen-bond donors (Lipinski definition) is 1. The van der Waals surface area contributed by atoms with Crippen molar-refractivity contribution in [3.8, 4) is 5.69 Å². The van der Waals surface area contributed by atoms with Crippen molar-refractivity contribution in [2.75, 3.05) is 18.9 Å². The Morgan fingerprint density at radius 2 is 1.67 bits per heavy atom. The predicted octanol–water partition coefficient (Wildman–Crippen LogP) is 5.18. The Morgan fingerprint density at radius 1 is 1.09 bits per heavy atom. The Bertz CT molecular complexity index is 1180. The molecule has 10 heteroatoms. The van der Waals surface area contributed by atoms with Crippen LogP contribution in [0.15, 0.2) is 42.6 Å². The van der Waals surface area contributed by atoms with Gasteiger partial charge in [-0.15, -0.1) is 0 Å². The maximum atomic E-state index is 13.9. The van der Waals surface area contributed by atoms with Gasteiger partial charge in [-0.25, -0.2) is 4.68 Å². The van der Waals surface area contributed by atoms with E-state index in [0.717, 1.165) is 27.8 Å². The molecule has 1 heterocycles. The van der Waals surface area contributed by atoms with E-state index in [4.69, 9.17) is 11.6 Å². The van der Waals surface area contributed by atoms with Gasteiger partial charge in [0, 0.05) is 17.8 Å². The number of benzene rings is 2. The summed E-state index contributed by atoms with van der Waals surface area (Å²) in [6.07, 6.45) is -4.01. The van der Waals surface area contributed by atoms with Crippen molar-refractivity contribution in [3.63, 3.8) is 0 Å². The molecule has 33 heavy (non-hydrogen) atoms. The lowest BCUT2D eigenvalue weighted by Gasteiger charge is -2.19. The number of carbonyl (C=O) groups excluding carboxylic acids is 2. The molecule has 0 unspecified atom stereocenters. The number of nitrogens with zero attached hydrogens (tertiary/aromatic N) is 3. The van der Waals surface area contributed by atoms with Gasteiger partial charge in [-0.2, -0.15) is 18.3 Å². The van der Waals surface area contributed by atoms with Gasteiger partial charge in [0.2, 0.25) is 5.91 Å². The third-order valence-electron chi connectivity index (χ3n) is 5.01. The summed E-state index contributed by atoms with van der Waals surface area (Å²) in [5.41, 5.74) is 1.54. The number of amides is 2. The van der Waals surface area contributed by atoms with Crippen molar-refractivity contribution in [2.45, 2.75) is 26.9 Å². The molecule has 3 aromatic rings. The van der Waals surface area contributed by atoms with Crippen LogP contribution in [0.3, 0.4) is 0 Å². The summed E-state index contributed by atoms with van der Waals surface area (Å²) >= 11 is 5.81. The van der Waals surface area contributed by atoms with Crippen molar-refractivity contribution < 1.29 is 22.8 Å². The molecule has 3 rings (SSSR count). The van der Waals surface area contributed by atoms with Gasteiger partial charge in [-0.1, -0.05) is 29.3 Å². The number of alkyl halides is 3. The molecule has 0 atom stereocenters. The molecule has 0 radical (unpaired) electrons. The van der Waals surface area contributed by atoms with Gasteiger partial charge >= 0.3 is 6.18 Å². The Kier molecular flexibility index (Phi) is 6.83. The Morgan fingerprint density at radius 3 is 2.21 bits per heavy atom. The summed E-state index contributed by atoms with van der Waals surface area (Å²) < 4.78 is 42.2. The smallest absolute Gasteiger partial charge is 0.332 e. The number of likely N-dealkylation sites (N-methyl/N-ethyl adjacent to an activating group) is 1. The first kappa shape index (κ1) is 24.3. The summed E-state index contributed by atoms with van der Waals surface area (Å²) in [5, 5.41) is 6.85. The maximum absolute atomic E-state index is 13.9. The number of carbonyl (C=O) groups is 2. The van der Waals surface area contributed by atoms with E-state index in [2.05, 4.69) is 10.4 Å². The molecule has 2 aromatic carbocycles. The van der Waals surface area contributed by atoms with Gasteiger partial charge in [0.15, 0.2) is 5.69 Å². The first-order chi connectivity index (χ1) is 15.4. The topological polar surface area (TPSA) is 67.2 Å². The maximum Gasteiger partial charge on any atom is 0.434 e. The summed E-state index contributed by atoms with van der Waals surface area (Å²) in [5.74, 6) is -1.51. The lowest BCUT2D eigenvalue weighted by atomic mass is 10.1. The van der Waals surface area contributed by atoms with E-state index in [-0.39, 0.29) is 5.69 Å². The normalized spacial score (nSPS) is 11.4. The zero-order chi connectivity index (χ0) is 24.5. The molecule has 0 spiro atoms. The summed E-state index contributed by atoms with van der Waals surface area (Å²) in [7, 11) is 1.26. The van der Waals surface area contributed by atoms with Crippen LogP contribution in [-0.2, 0) is 11.0 Å². The molecular weight excluding hydrogens is 457 g/mol. The largest absolute Gasteiger partial charge is 0.434 e. The molecule has 0 bridgehead atoms. The number of halogens is 4. The van der Waals surface area contributed by atoms with Gasteiger partial charge in [-0.05, 0) is 56.2 Å². The van der Waals surface area contributed by atoms with E-state index in [1.54, 1.807) is 0 Å². The van der Waals surface area contributed by atoms with E-state index < -0.39 is 35.8 Å². The third kappa shape index (κ3) is 5.36. The predicted molar refractivity (Wildman–Crippen MR) is 120 cm³/mol. The lowest BCUT2D eigenvalue weighted by molar-refractivity contribution is -0.143. The van der Waals surface area contributed by atoms with E-state index in [1.165, 1.54) is 31.3 Å². The molecule has 174 valence electrons. The number of rotatable bonds is 5. The van der Waals surface area contributed by atoms with E-state index in [1.807, 2.05) is 32.9 Å². The van der Waals surface area contributed by atoms with Crippen LogP contribution < -0.4 is 5.32 Å². The third-order valence-corrected chi connectivity index (χ3v) is 5.26. The second-order valence-electron chi connectivity index (χ2n) is 7.78. The van der Waals surface area contributed by atoms with Crippen LogP contribution in [0.5, 0.6) is 0 Å². The highest BCUT2D eigenvalue weighted by molar-refractivity contribution is 6.30. The molecule has 1 N–H and O–H groups in total.